The number of hydrogen-bond donors (Lipinski definition) is 0. The van der Waals surface area contributed by atoms with Crippen LogP contribution in [0.5, 0.6) is 0 Å². The normalized spacial score (nSPS) is 9.32. The van der Waals surface area contributed by atoms with Gasteiger partial charge in [0, 0.05) is 81.3 Å². The van der Waals surface area contributed by atoms with Crippen molar-refractivity contribution in [1.82, 2.24) is 38.6 Å². The van der Waals surface area contributed by atoms with E-state index in [1.165, 1.54) is 17.6 Å². The van der Waals surface area contributed by atoms with Gasteiger partial charge in [0.15, 0.2) is 11.6 Å². The topological polar surface area (TPSA) is 79.2 Å². The van der Waals surface area contributed by atoms with Gasteiger partial charge in [0.05, 0.1) is 0 Å². The molecule has 0 saturated heterocycles. The van der Waals surface area contributed by atoms with Gasteiger partial charge in [-0.3, -0.25) is 9.97 Å². The molecule has 0 aliphatic carbocycles. The number of benzene rings is 1. The Hall–Kier alpha value is -3.05. The van der Waals surface area contributed by atoms with E-state index >= 15 is 0 Å². The van der Waals surface area contributed by atoms with Gasteiger partial charge in [-0.05, 0) is 48.5 Å². The third kappa shape index (κ3) is 10.7. The Morgan fingerprint density at radius 3 is 1.22 bits per heavy atom. The molecule has 0 atom stereocenters. The van der Waals surface area contributed by atoms with E-state index in [1.54, 1.807) is 31.0 Å². The number of imidazole rings is 3. The average molecular weight is 808 g/mol. The summed E-state index contributed by atoms with van der Waals surface area (Å²) in [6.07, 6.45) is 14.6. The molecule has 0 radical (unpaired) electrons. The maximum absolute atomic E-state index is 5.79. The van der Waals surface area contributed by atoms with E-state index in [2.05, 4.69) is 34.6 Å². The van der Waals surface area contributed by atoms with E-state index in [4.69, 9.17) is 11.6 Å². The average Bonchev–Trinajstić information content (AvgIpc) is 3.73. The zero-order valence-electron chi connectivity index (χ0n) is 22.3. The SMILES string of the molecule is Cn1ccnc1-c1ccc(Cl)cc1.Cn1ccnc1-c1ccccn1.Cn1ccnc1-c1ccccn1.[Cl-].[Cl-].[Cl][Os]. The second-order valence-corrected chi connectivity index (χ2v) is 8.46. The maximum atomic E-state index is 5.79. The number of halogens is 4. The molecule has 6 rings (SSSR count). The van der Waals surface area contributed by atoms with Crippen LogP contribution < -0.4 is 24.8 Å². The predicted molar refractivity (Wildman–Crippen MR) is 152 cm³/mol. The monoisotopic (exact) mass is 807 g/mol. The van der Waals surface area contributed by atoms with Crippen molar-refractivity contribution in [3.8, 4) is 34.4 Å². The molecule has 13 heteroatoms. The van der Waals surface area contributed by atoms with Crippen LogP contribution in [0.2, 0.25) is 5.02 Å². The summed E-state index contributed by atoms with van der Waals surface area (Å²) in [5, 5.41) is 0.748. The summed E-state index contributed by atoms with van der Waals surface area (Å²) >= 11 is 7.12. The molecule has 0 bridgehead atoms. The van der Waals surface area contributed by atoms with Crippen molar-refractivity contribution in [3.63, 3.8) is 0 Å². The molecule has 0 unspecified atom stereocenters. The summed E-state index contributed by atoms with van der Waals surface area (Å²) < 4.78 is 5.87. The first-order valence-corrected chi connectivity index (χ1v) is 15.2. The first kappa shape index (κ1) is 36.0. The Labute approximate surface area is 271 Å². The number of nitrogens with zero attached hydrogens (tertiary/aromatic N) is 8. The van der Waals surface area contributed by atoms with Gasteiger partial charge in [-0.1, -0.05) is 23.7 Å². The summed E-state index contributed by atoms with van der Waals surface area (Å²) in [7, 11) is 10.5. The summed E-state index contributed by atoms with van der Waals surface area (Å²) in [5.74, 6) is 2.75. The quantitative estimate of drug-likeness (QED) is 0.259. The van der Waals surface area contributed by atoms with Gasteiger partial charge in [0.1, 0.15) is 17.2 Å². The van der Waals surface area contributed by atoms with Gasteiger partial charge >= 0.3 is 27.2 Å². The van der Waals surface area contributed by atoms with Crippen LogP contribution in [0.15, 0.2) is 110 Å². The van der Waals surface area contributed by atoms with Crippen LogP contribution in [0, 0.1) is 0 Å². The van der Waals surface area contributed by atoms with Crippen LogP contribution >= 0.6 is 21.2 Å². The molecule has 5 aromatic heterocycles. The van der Waals surface area contributed by atoms with Crippen molar-refractivity contribution >= 4 is 21.2 Å². The van der Waals surface area contributed by atoms with Crippen LogP contribution in [-0.4, -0.2) is 38.6 Å². The fourth-order valence-electron chi connectivity index (χ4n) is 3.46. The minimum atomic E-state index is 0. The number of rotatable bonds is 3. The third-order valence-electron chi connectivity index (χ3n) is 5.35. The second-order valence-electron chi connectivity index (χ2n) is 8.02. The van der Waals surface area contributed by atoms with E-state index in [0.29, 0.717) is 0 Å². The summed E-state index contributed by atoms with van der Waals surface area (Å²) in [4.78, 5) is 21.0. The van der Waals surface area contributed by atoms with Gasteiger partial charge in [-0.15, -0.1) is 0 Å². The molecule has 0 saturated carbocycles. The van der Waals surface area contributed by atoms with Gasteiger partial charge in [-0.2, -0.15) is 0 Å². The minimum absolute atomic E-state index is 0. The standard InChI is InChI=1S/C10H9ClN2.2C9H9N3.3ClH.Os/c1-13-7-6-12-10(13)8-2-4-9(11)5-3-8;2*1-12-7-6-11-9(12)8-4-2-3-5-10-8;;;;/h2-7H,1H3;2*2-7H,1H3;3*1H;/q;;;;;;+1/p-3. The molecule has 0 aliphatic rings. The van der Waals surface area contributed by atoms with Gasteiger partial charge in [-0.25, -0.2) is 15.0 Å². The van der Waals surface area contributed by atoms with Gasteiger partial charge < -0.3 is 38.5 Å². The zero-order valence-corrected chi connectivity index (χ0v) is 27.9. The number of hydrogen-bond acceptors (Lipinski definition) is 5. The van der Waals surface area contributed by atoms with Crippen molar-refractivity contribution in [2.24, 2.45) is 21.1 Å². The summed E-state index contributed by atoms with van der Waals surface area (Å²) in [6.45, 7) is 0. The summed E-state index contributed by atoms with van der Waals surface area (Å²) in [6, 6.07) is 19.3. The Bertz CT molecular complexity index is 1450. The molecule has 6 aromatic rings. The van der Waals surface area contributed by atoms with Crippen LogP contribution in [0.25, 0.3) is 34.4 Å². The van der Waals surface area contributed by atoms with Crippen molar-refractivity contribution in [1.29, 1.82) is 0 Å². The first-order chi connectivity index (χ1) is 19.0. The van der Waals surface area contributed by atoms with Crippen LogP contribution in [-0.2, 0) is 38.7 Å². The molecule has 0 amide bonds. The van der Waals surface area contributed by atoms with Crippen molar-refractivity contribution in [2.45, 2.75) is 0 Å². The second kappa shape index (κ2) is 19.1. The van der Waals surface area contributed by atoms with E-state index < -0.39 is 0 Å². The molecule has 0 N–H and O–H groups in total. The Kier molecular flexibility index (Phi) is 16.8. The number of pyridine rings is 2. The Balaban J connectivity index is 0.000000292. The first-order valence-electron chi connectivity index (χ1n) is 11.7. The molecular formula is C28H27Cl4N8Os-2. The Morgan fingerprint density at radius 1 is 0.512 bits per heavy atom. The molecule has 0 aliphatic heterocycles. The third-order valence-corrected chi connectivity index (χ3v) is 5.61. The predicted octanol–water partition coefficient (Wildman–Crippen LogP) is 0.400. The molecule has 5 heterocycles. The fourth-order valence-corrected chi connectivity index (χ4v) is 3.58. The molecule has 1 aromatic carbocycles. The number of aromatic nitrogens is 8. The van der Waals surface area contributed by atoms with Crippen LogP contribution in [0.4, 0.5) is 0 Å². The van der Waals surface area contributed by atoms with E-state index in [-0.39, 0.29) is 24.8 Å². The zero-order chi connectivity index (χ0) is 28.0. The van der Waals surface area contributed by atoms with E-state index in [1.807, 2.05) is 114 Å². The van der Waals surface area contributed by atoms with Crippen molar-refractivity contribution in [2.75, 3.05) is 0 Å². The van der Waals surface area contributed by atoms with Crippen molar-refractivity contribution in [3.05, 3.63) is 115 Å². The molecular weight excluding hydrogens is 780 g/mol. The fraction of sp³-hybridized carbons (Fsp3) is 0.107. The molecule has 8 nitrogen and oxygen atoms in total. The van der Waals surface area contributed by atoms with Gasteiger partial charge in [0.25, 0.3) is 0 Å². The van der Waals surface area contributed by atoms with Crippen molar-refractivity contribution < 1.29 is 42.4 Å². The molecule has 0 spiro atoms. The molecule has 217 valence electrons. The van der Waals surface area contributed by atoms with Crippen LogP contribution in [0.1, 0.15) is 0 Å². The molecule has 0 fully saturated rings. The van der Waals surface area contributed by atoms with Crippen LogP contribution in [0.3, 0.4) is 0 Å². The number of aryl methyl sites for hydroxylation is 3. The molecule has 41 heavy (non-hydrogen) atoms. The van der Waals surface area contributed by atoms with E-state index in [0.717, 1.165) is 39.4 Å². The Morgan fingerprint density at radius 2 is 0.902 bits per heavy atom. The summed E-state index contributed by atoms with van der Waals surface area (Å²) in [5.41, 5.74) is 2.90. The van der Waals surface area contributed by atoms with E-state index in [9.17, 15) is 0 Å². The van der Waals surface area contributed by atoms with Gasteiger partial charge in [0.2, 0.25) is 0 Å².